The highest BCUT2D eigenvalue weighted by Gasteiger charge is 2.18. The Morgan fingerprint density at radius 3 is 2.54 bits per heavy atom. The van der Waals surface area contributed by atoms with Crippen LogP contribution in [0.5, 0.6) is 0 Å². The second-order valence-electron chi connectivity index (χ2n) is 4.23. The fraction of sp³-hybridized carbons (Fsp3) is 0.818. The van der Waals surface area contributed by atoms with E-state index < -0.39 is 0 Å². The van der Waals surface area contributed by atoms with Gasteiger partial charge in [0.2, 0.25) is 0 Å². The van der Waals surface area contributed by atoms with Crippen molar-refractivity contribution in [1.29, 1.82) is 0 Å². The third-order valence-electron chi connectivity index (χ3n) is 2.81. The molecule has 0 fully saturated rings. The zero-order valence-electron chi connectivity index (χ0n) is 9.03. The third-order valence-corrected chi connectivity index (χ3v) is 2.81. The van der Waals surface area contributed by atoms with Crippen LogP contribution in [0.1, 0.15) is 27.2 Å². The van der Waals surface area contributed by atoms with Gasteiger partial charge in [-0.05, 0) is 32.7 Å². The van der Waals surface area contributed by atoms with E-state index in [4.69, 9.17) is 5.73 Å². The van der Waals surface area contributed by atoms with Gasteiger partial charge >= 0.3 is 0 Å². The summed E-state index contributed by atoms with van der Waals surface area (Å²) in [5.74, 6) is 0.678. The lowest BCUT2D eigenvalue weighted by Crippen LogP contribution is -2.35. The van der Waals surface area contributed by atoms with Crippen LogP contribution in [-0.4, -0.2) is 30.1 Å². The monoisotopic (exact) mass is 182 g/mol. The molecule has 0 amide bonds. The van der Waals surface area contributed by atoms with Crippen LogP contribution in [-0.2, 0) is 0 Å². The maximum atomic E-state index is 5.81. The molecule has 0 aliphatic heterocycles. The molecule has 0 aromatic heterocycles. The van der Waals surface area contributed by atoms with Crippen LogP contribution in [0.3, 0.4) is 0 Å². The Kier molecular flexibility index (Phi) is 3.94. The van der Waals surface area contributed by atoms with Gasteiger partial charge in [0.1, 0.15) is 0 Å². The highest BCUT2D eigenvalue weighted by molar-refractivity contribution is 5.05. The molecule has 2 N–H and O–H groups in total. The summed E-state index contributed by atoms with van der Waals surface area (Å²) in [6.45, 7) is 9.03. The maximum Gasteiger partial charge on any atom is 0.0229 e. The van der Waals surface area contributed by atoms with Gasteiger partial charge in [-0.1, -0.05) is 19.1 Å². The Labute approximate surface area is 81.8 Å². The molecule has 76 valence electrons. The number of hydrogen-bond acceptors (Lipinski definition) is 2. The standard InChI is InChI=1S/C11H22N2/c1-4-13(9(2)3)8-10-5-6-11(12)7-10/h5-6,9-11H,4,7-8,12H2,1-3H3. The van der Waals surface area contributed by atoms with E-state index in [1.54, 1.807) is 0 Å². The predicted octanol–water partition coefficient (Wildman–Crippen LogP) is 1.62. The van der Waals surface area contributed by atoms with Gasteiger partial charge in [0.15, 0.2) is 0 Å². The largest absolute Gasteiger partial charge is 0.324 e. The van der Waals surface area contributed by atoms with Crippen LogP contribution in [0.25, 0.3) is 0 Å². The van der Waals surface area contributed by atoms with Gasteiger partial charge < -0.3 is 10.6 Å². The lowest BCUT2D eigenvalue weighted by atomic mass is 10.1. The second-order valence-corrected chi connectivity index (χ2v) is 4.23. The molecular formula is C11H22N2. The highest BCUT2D eigenvalue weighted by Crippen LogP contribution is 2.18. The molecule has 2 heteroatoms. The van der Waals surface area contributed by atoms with E-state index in [1.807, 2.05) is 0 Å². The lowest BCUT2D eigenvalue weighted by Gasteiger charge is -2.27. The quantitative estimate of drug-likeness (QED) is 0.669. The molecule has 0 spiro atoms. The molecule has 2 nitrogen and oxygen atoms in total. The minimum Gasteiger partial charge on any atom is -0.324 e. The molecule has 2 unspecified atom stereocenters. The molecule has 1 rings (SSSR count). The SMILES string of the molecule is CCN(CC1C=CC(N)C1)C(C)C. The summed E-state index contributed by atoms with van der Waals surface area (Å²) in [4.78, 5) is 2.49. The normalized spacial score (nSPS) is 27.8. The lowest BCUT2D eigenvalue weighted by molar-refractivity contribution is 0.209. The van der Waals surface area contributed by atoms with E-state index in [-0.39, 0.29) is 0 Å². The van der Waals surface area contributed by atoms with E-state index >= 15 is 0 Å². The van der Waals surface area contributed by atoms with E-state index in [2.05, 4.69) is 37.8 Å². The van der Waals surface area contributed by atoms with Crippen LogP contribution >= 0.6 is 0 Å². The van der Waals surface area contributed by atoms with Gasteiger partial charge in [-0.25, -0.2) is 0 Å². The van der Waals surface area contributed by atoms with E-state index in [1.165, 1.54) is 6.54 Å². The Morgan fingerprint density at radius 2 is 2.15 bits per heavy atom. The smallest absolute Gasteiger partial charge is 0.0229 e. The molecule has 0 radical (unpaired) electrons. The van der Waals surface area contributed by atoms with Crippen molar-refractivity contribution in [3.63, 3.8) is 0 Å². The molecule has 1 aliphatic carbocycles. The van der Waals surface area contributed by atoms with Crippen molar-refractivity contribution >= 4 is 0 Å². The first-order valence-corrected chi connectivity index (χ1v) is 5.31. The van der Waals surface area contributed by atoms with Crippen molar-refractivity contribution in [2.75, 3.05) is 13.1 Å². The van der Waals surface area contributed by atoms with Gasteiger partial charge in [0.05, 0.1) is 0 Å². The van der Waals surface area contributed by atoms with E-state index in [0.29, 0.717) is 18.0 Å². The van der Waals surface area contributed by atoms with Crippen molar-refractivity contribution in [2.24, 2.45) is 11.7 Å². The third kappa shape index (κ3) is 3.12. The average molecular weight is 182 g/mol. The Morgan fingerprint density at radius 1 is 1.46 bits per heavy atom. The summed E-state index contributed by atoms with van der Waals surface area (Å²) in [6.07, 6.45) is 5.54. The van der Waals surface area contributed by atoms with Crippen molar-refractivity contribution < 1.29 is 0 Å². The maximum absolute atomic E-state index is 5.81. The molecule has 0 saturated heterocycles. The highest BCUT2D eigenvalue weighted by atomic mass is 15.1. The number of nitrogens with two attached hydrogens (primary N) is 1. The number of hydrogen-bond donors (Lipinski definition) is 1. The number of rotatable bonds is 4. The van der Waals surface area contributed by atoms with Crippen LogP contribution in [0.15, 0.2) is 12.2 Å². The molecular weight excluding hydrogens is 160 g/mol. The molecule has 0 bridgehead atoms. The minimum absolute atomic E-state index is 0.302. The topological polar surface area (TPSA) is 29.3 Å². The minimum atomic E-state index is 0.302. The molecule has 2 atom stereocenters. The first-order chi connectivity index (χ1) is 6.13. The number of nitrogens with zero attached hydrogens (tertiary/aromatic N) is 1. The van der Waals surface area contributed by atoms with Gasteiger partial charge in [-0.15, -0.1) is 0 Å². The average Bonchev–Trinajstić information content (AvgIpc) is 2.46. The molecule has 1 aliphatic rings. The first kappa shape index (κ1) is 10.7. The summed E-state index contributed by atoms with van der Waals surface area (Å²) in [7, 11) is 0. The molecule has 0 heterocycles. The summed E-state index contributed by atoms with van der Waals surface area (Å²) >= 11 is 0. The fourth-order valence-corrected chi connectivity index (χ4v) is 1.95. The van der Waals surface area contributed by atoms with Crippen molar-refractivity contribution in [3.8, 4) is 0 Å². The van der Waals surface area contributed by atoms with Crippen LogP contribution in [0.4, 0.5) is 0 Å². The molecule has 0 saturated carbocycles. The van der Waals surface area contributed by atoms with Gasteiger partial charge in [0, 0.05) is 18.6 Å². The van der Waals surface area contributed by atoms with Gasteiger partial charge in [-0.2, -0.15) is 0 Å². The molecule has 0 aromatic rings. The zero-order valence-corrected chi connectivity index (χ0v) is 9.03. The Hall–Kier alpha value is -0.340. The Balaban J connectivity index is 2.35. The van der Waals surface area contributed by atoms with Gasteiger partial charge in [0.25, 0.3) is 0 Å². The summed E-state index contributed by atoms with van der Waals surface area (Å²) in [5, 5.41) is 0. The summed E-state index contributed by atoms with van der Waals surface area (Å²) < 4.78 is 0. The predicted molar refractivity (Wildman–Crippen MR) is 57.6 cm³/mol. The fourth-order valence-electron chi connectivity index (χ4n) is 1.95. The first-order valence-electron chi connectivity index (χ1n) is 5.31. The zero-order chi connectivity index (χ0) is 9.84. The Bertz CT molecular complexity index is 175. The van der Waals surface area contributed by atoms with Crippen molar-refractivity contribution in [3.05, 3.63) is 12.2 Å². The van der Waals surface area contributed by atoms with Crippen LogP contribution in [0.2, 0.25) is 0 Å². The van der Waals surface area contributed by atoms with Gasteiger partial charge in [-0.3, -0.25) is 0 Å². The second kappa shape index (κ2) is 4.77. The molecule has 13 heavy (non-hydrogen) atoms. The summed E-state index contributed by atoms with van der Waals surface area (Å²) in [6, 6.07) is 0.950. The molecule has 0 aromatic carbocycles. The van der Waals surface area contributed by atoms with Crippen LogP contribution < -0.4 is 5.73 Å². The van der Waals surface area contributed by atoms with Crippen molar-refractivity contribution in [1.82, 2.24) is 4.90 Å². The van der Waals surface area contributed by atoms with E-state index in [9.17, 15) is 0 Å². The van der Waals surface area contributed by atoms with Crippen molar-refractivity contribution in [2.45, 2.75) is 39.3 Å². The summed E-state index contributed by atoms with van der Waals surface area (Å²) in [5.41, 5.74) is 5.81. The van der Waals surface area contributed by atoms with E-state index in [0.717, 1.165) is 13.0 Å². The van der Waals surface area contributed by atoms with Crippen LogP contribution in [0, 0.1) is 5.92 Å².